The second-order valence-electron chi connectivity index (χ2n) is 18.1. The summed E-state index contributed by atoms with van der Waals surface area (Å²) in [6.45, 7) is 13.6. The molecule has 0 aliphatic carbocycles. The van der Waals surface area contributed by atoms with Crippen LogP contribution in [0.2, 0.25) is 0 Å². The van der Waals surface area contributed by atoms with Crippen LogP contribution >= 0.6 is 0 Å². The molecule has 9 aromatic rings. The van der Waals surface area contributed by atoms with Gasteiger partial charge in [-0.05, 0) is 154 Å². The van der Waals surface area contributed by atoms with E-state index in [1.165, 1.54) is 0 Å². The molecule has 0 aliphatic heterocycles. The lowest BCUT2D eigenvalue weighted by atomic mass is 10.0. The SMILES string of the molecule is Cc1ccc(N=Nc2c(C)cc3cc(C)cc(Nc4nc(NCCO)nc(Nc5ccc(Nc6nc(NCCO)nc(Nc7cc(C)cc8cc(C)c(N=Nc9ccc(C)cc9)c(O)c78)n6)c(C)c5)n4)c3c2O)cc1. The van der Waals surface area contributed by atoms with Crippen LogP contribution in [-0.2, 0) is 0 Å². The summed E-state index contributed by atoms with van der Waals surface area (Å²) in [5, 5.41) is 82.4. The van der Waals surface area contributed by atoms with Crippen LogP contribution in [0.4, 0.5) is 81.2 Å². The predicted octanol–water partition coefficient (Wildman–Crippen LogP) is 12.5. The Hall–Kier alpha value is -9.40. The number of azo groups is 2. The topological polar surface area (TPSA) is 280 Å². The molecule has 380 valence electrons. The highest BCUT2D eigenvalue weighted by Crippen LogP contribution is 2.45. The van der Waals surface area contributed by atoms with E-state index in [-0.39, 0.29) is 73.5 Å². The van der Waals surface area contributed by atoms with Gasteiger partial charge in [0, 0.05) is 35.2 Å². The Morgan fingerprint density at radius 3 is 1.20 bits per heavy atom. The first-order valence-electron chi connectivity index (χ1n) is 24.1. The maximum Gasteiger partial charge on any atom is 0.233 e. The van der Waals surface area contributed by atoms with Crippen molar-refractivity contribution >= 4 is 103 Å². The van der Waals surface area contributed by atoms with E-state index in [1.54, 1.807) is 0 Å². The molecule has 0 unspecified atom stereocenters. The van der Waals surface area contributed by atoms with Crippen LogP contribution < -0.4 is 31.9 Å². The monoisotopic (exact) mass is 1000 g/mol. The smallest absolute Gasteiger partial charge is 0.233 e. The number of phenols is 2. The molecule has 0 saturated heterocycles. The molecular formula is C55H56N16O4. The van der Waals surface area contributed by atoms with Crippen molar-refractivity contribution in [3.63, 3.8) is 0 Å². The molecule has 0 aliphatic rings. The number of benzene rings is 7. The second kappa shape index (κ2) is 22.2. The predicted molar refractivity (Wildman–Crippen MR) is 296 cm³/mol. The number of hydrogen-bond acceptors (Lipinski definition) is 20. The first-order valence-corrected chi connectivity index (χ1v) is 24.1. The number of hydrogen-bond donors (Lipinski definition) is 10. The van der Waals surface area contributed by atoms with Crippen molar-refractivity contribution in [1.29, 1.82) is 0 Å². The molecule has 20 nitrogen and oxygen atoms in total. The number of nitrogens with zero attached hydrogens (tertiary/aromatic N) is 10. The Bertz CT molecular complexity index is 3650. The van der Waals surface area contributed by atoms with Gasteiger partial charge in [-0.25, -0.2) is 0 Å². The molecule has 10 N–H and O–H groups in total. The molecule has 0 radical (unpaired) electrons. The Kier molecular flexibility index (Phi) is 14.9. The Balaban J connectivity index is 0.984. The summed E-state index contributed by atoms with van der Waals surface area (Å²) < 4.78 is 0. The van der Waals surface area contributed by atoms with Crippen LogP contribution in [0.3, 0.4) is 0 Å². The number of aliphatic hydroxyl groups is 2. The van der Waals surface area contributed by atoms with Gasteiger partial charge in [0.15, 0.2) is 11.5 Å². The fourth-order valence-electron chi connectivity index (χ4n) is 8.33. The zero-order valence-corrected chi connectivity index (χ0v) is 42.4. The number of aryl methyl sites for hydroxylation is 7. The molecule has 0 spiro atoms. The standard InChI is InChI=1S/C55H56N16O4/c1-29-8-12-38(13-9-29)68-70-46-34(6)26-36-22-31(3)24-42(44(36)48(46)74)60-54-64-50(56-18-20-72)62-52(66-54)58-40-16-17-41(33(5)28-40)59-53-63-51(57-19-21-73)65-55(67-53)61-43-25-32(4)23-37-27-35(7)47(49(75)45(37)43)71-69-39-14-10-30(2)11-15-39/h8-17,22-28,72-75H,18-21H2,1-7H3,(H3,56,58,60,62,64,66)(H3,57,59,61,63,65,67). The average Bonchev–Trinajstić information content (AvgIpc) is 3.37. The van der Waals surface area contributed by atoms with Crippen molar-refractivity contribution < 1.29 is 20.4 Å². The van der Waals surface area contributed by atoms with Gasteiger partial charge >= 0.3 is 0 Å². The number of rotatable bonds is 18. The largest absolute Gasteiger partial charge is 0.505 e. The van der Waals surface area contributed by atoms with Crippen molar-refractivity contribution in [3.8, 4) is 11.5 Å². The van der Waals surface area contributed by atoms with Gasteiger partial charge in [0.1, 0.15) is 11.4 Å². The van der Waals surface area contributed by atoms with Crippen molar-refractivity contribution in [1.82, 2.24) is 29.9 Å². The summed E-state index contributed by atoms with van der Waals surface area (Å²) in [5.41, 5.74) is 10.7. The molecule has 75 heavy (non-hydrogen) atoms. The first kappa shape index (κ1) is 50.5. The average molecular weight is 1010 g/mol. The highest BCUT2D eigenvalue weighted by molar-refractivity contribution is 6.05. The van der Waals surface area contributed by atoms with E-state index in [1.807, 2.05) is 152 Å². The minimum absolute atomic E-state index is 0.0521. The van der Waals surface area contributed by atoms with Crippen LogP contribution in [-0.4, -0.2) is 76.6 Å². The minimum atomic E-state index is -0.159. The van der Waals surface area contributed by atoms with Crippen LogP contribution in [0.25, 0.3) is 21.5 Å². The Morgan fingerprint density at radius 2 is 0.787 bits per heavy atom. The van der Waals surface area contributed by atoms with Crippen molar-refractivity contribution in [2.75, 3.05) is 58.2 Å². The zero-order valence-electron chi connectivity index (χ0n) is 42.4. The van der Waals surface area contributed by atoms with Gasteiger partial charge in [0.2, 0.25) is 35.7 Å². The number of aromatic nitrogens is 6. The van der Waals surface area contributed by atoms with Gasteiger partial charge in [0.25, 0.3) is 0 Å². The van der Waals surface area contributed by atoms with E-state index in [4.69, 9.17) is 9.97 Å². The van der Waals surface area contributed by atoms with E-state index in [0.29, 0.717) is 56.3 Å². The van der Waals surface area contributed by atoms with Crippen LogP contribution in [0.15, 0.2) is 124 Å². The maximum absolute atomic E-state index is 11.8. The summed E-state index contributed by atoms with van der Waals surface area (Å²) in [4.78, 5) is 27.8. The number of anilines is 10. The van der Waals surface area contributed by atoms with Crippen LogP contribution in [0, 0.1) is 48.5 Å². The number of phenolic OH excluding ortho intramolecular Hbond substituents is 2. The molecule has 9 rings (SSSR count). The molecule has 20 heteroatoms. The van der Waals surface area contributed by atoms with E-state index < -0.39 is 0 Å². The molecule has 0 amide bonds. The van der Waals surface area contributed by atoms with E-state index in [0.717, 1.165) is 49.7 Å². The third kappa shape index (κ3) is 11.9. The van der Waals surface area contributed by atoms with Crippen LogP contribution in [0.1, 0.15) is 38.9 Å². The summed E-state index contributed by atoms with van der Waals surface area (Å²) in [7, 11) is 0. The van der Waals surface area contributed by atoms with Crippen molar-refractivity contribution in [2.24, 2.45) is 20.5 Å². The summed E-state index contributed by atoms with van der Waals surface area (Å²) in [5.74, 6) is 1.00. The summed E-state index contributed by atoms with van der Waals surface area (Å²) >= 11 is 0. The molecule has 0 bridgehead atoms. The quantitative estimate of drug-likeness (QED) is 0.0358. The summed E-state index contributed by atoms with van der Waals surface area (Å²) in [6, 6.07) is 32.5. The zero-order chi connectivity index (χ0) is 52.8. The van der Waals surface area contributed by atoms with Gasteiger partial charge in [0.05, 0.1) is 36.0 Å². The third-order valence-electron chi connectivity index (χ3n) is 11.9. The number of aromatic hydroxyl groups is 2. The van der Waals surface area contributed by atoms with E-state index in [9.17, 15) is 20.4 Å². The number of aliphatic hydroxyl groups excluding tert-OH is 2. The molecule has 0 atom stereocenters. The van der Waals surface area contributed by atoms with Gasteiger partial charge < -0.3 is 52.3 Å². The number of fused-ring (bicyclic) bond motifs is 2. The van der Waals surface area contributed by atoms with E-state index >= 15 is 0 Å². The first-order chi connectivity index (χ1) is 36.2. The molecule has 0 saturated carbocycles. The fraction of sp³-hybridized carbons (Fsp3) is 0.200. The fourth-order valence-corrected chi connectivity index (χ4v) is 8.33. The normalized spacial score (nSPS) is 11.5. The maximum atomic E-state index is 11.8. The van der Waals surface area contributed by atoms with Gasteiger partial charge in [-0.2, -0.15) is 40.1 Å². The Morgan fingerprint density at radius 1 is 0.387 bits per heavy atom. The molecule has 0 fully saturated rings. The lowest BCUT2D eigenvalue weighted by molar-refractivity contribution is 0.310. The molecular weight excluding hydrogens is 949 g/mol. The molecule has 2 aromatic heterocycles. The Labute approximate surface area is 432 Å². The highest BCUT2D eigenvalue weighted by Gasteiger charge is 2.19. The van der Waals surface area contributed by atoms with Gasteiger partial charge in [-0.15, -0.1) is 10.2 Å². The third-order valence-corrected chi connectivity index (χ3v) is 11.9. The second-order valence-corrected chi connectivity index (χ2v) is 18.1. The van der Waals surface area contributed by atoms with Gasteiger partial charge in [-0.1, -0.05) is 47.5 Å². The molecule has 2 heterocycles. The van der Waals surface area contributed by atoms with Crippen molar-refractivity contribution in [3.05, 3.63) is 142 Å². The number of nitrogens with one attached hydrogen (secondary N) is 6. The van der Waals surface area contributed by atoms with Gasteiger partial charge in [-0.3, -0.25) is 0 Å². The van der Waals surface area contributed by atoms with Crippen LogP contribution in [0.5, 0.6) is 11.5 Å². The lowest BCUT2D eigenvalue weighted by Gasteiger charge is -2.16. The van der Waals surface area contributed by atoms with Crippen molar-refractivity contribution in [2.45, 2.75) is 48.5 Å². The lowest BCUT2D eigenvalue weighted by Crippen LogP contribution is -2.13. The highest BCUT2D eigenvalue weighted by atomic mass is 16.3. The van der Waals surface area contributed by atoms with E-state index in [2.05, 4.69) is 72.3 Å². The minimum Gasteiger partial charge on any atom is -0.505 e. The molecule has 7 aromatic carbocycles. The summed E-state index contributed by atoms with van der Waals surface area (Å²) in [6.07, 6.45) is 0.